The normalized spacial score (nSPS) is 17.8. The van der Waals surface area contributed by atoms with E-state index in [4.69, 9.17) is 0 Å². The van der Waals surface area contributed by atoms with Crippen LogP contribution < -0.4 is 0 Å². The Hall–Kier alpha value is -2.83. The summed E-state index contributed by atoms with van der Waals surface area (Å²) in [5.74, 6) is -2.73. The van der Waals surface area contributed by atoms with Crippen molar-refractivity contribution in [3.05, 3.63) is 71.0 Å². The second-order valence-electron chi connectivity index (χ2n) is 6.22. The smallest absolute Gasteiger partial charge is 0.245 e. The van der Waals surface area contributed by atoms with E-state index in [2.05, 4.69) is 0 Å². The van der Waals surface area contributed by atoms with Crippen LogP contribution in [0.1, 0.15) is 18.1 Å². The number of carbonyl (C=O) groups is 2. The maximum atomic E-state index is 13.8. The van der Waals surface area contributed by atoms with E-state index in [1.165, 1.54) is 36.1 Å². The highest BCUT2D eigenvalue weighted by molar-refractivity contribution is 5.94. The molecule has 0 aliphatic carbocycles. The van der Waals surface area contributed by atoms with E-state index in [0.29, 0.717) is 5.56 Å². The summed E-state index contributed by atoms with van der Waals surface area (Å²) in [5, 5.41) is 0. The molecule has 1 fully saturated rings. The van der Waals surface area contributed by atoms with Gasteiger partial charge in [0.2, 0.25) is 11.8 Å². The fourth-order valence-corrected chi connectivity index (χ4v) is 3.01. The Morgan fingerprint density at radius 3 is 2.31 bits per heavy atom. The molecule has 3 rings (SSSR count). The zero-order valence-corrected chi connectivity index (χ0v) is 14.1. The number of carbonyl (C=O) groups excluding carboxylic acids is 2. The largest absolute Gasteiger partial charge is 0.327 e. The first kappa shape index (κ1) is 18.0. The molecule has 1 heterocycles. The van der Waals surface area contributed by atoms with Gasteiger partial charge in [0.25, 0.3) is 0 Å². The molecule has 1 aliphatic rings. The van der Waals surface area contributed by atoms with Crippen molar-refractivity contribution in [2.75, 3.05) is 6.54 Å². The highest BCUT2D eigenvalue weighted by Gasteiger charge is 2.37. The molecule has 1 saturated heterocycles. The fraction of sp³-hybridized carbons (Fsp3) is 0.263. The predicted molar refractivity (Wildman–Crippen MR) is 88.2 cm³/mol. The van der Waals surface area contributed by atoms with Crippen molar-refractivity contribution in [2.24, 2.45) is 0 Å². The van der Waals surface area contributed by atoms with Crippen LogP contribution in [-0.4, -0.2) is 34.2 Å². The Kier molecular flexibility index (Phi) is 4.97. The van der Waals surface area contributed by atoms with Crippen LogP contribution in [0.15, 0.2) is 42.5 Å². The van der Waals surface area contributed by atoms with Crippen molar-refractivity contribution in [3.63, 3.8) is 0 Å². The summed E-state index contributed by atoms with van der Waals surface area (Å²) in [4.78, 5) is 27.5. The number of halogens is 3. The van der Waals surface area contributed by atoms with Gasteiger partial charge in [0.1, 0.15) is 30.0 Å². The predicted octanol–water partition coefficient (Wildman–Crippen LogP) is 2.86. The molecule has 0 bridgehead atoms. The average molecular weight is 362 g/mol. The molecular weight excluding hydrogens is 345 g/mol. The number of hydrogen-bond donors (Lipinski definition) is 0. The van der Waals surface area contributed by atoms with Gasteiger partial charge < -0.3 is 9.80 Å². The molecule has 4 nitrogen and oxygen atoms in total. The summed E-state index contributed by atoms with van der Waals surface area (Å²) in [7, 11) is 0. The fourth-order valence-electron chi connectivity index (χ4n) is 3.01. The highest BCUT2D eigenvalue weighted by atomic mass is 19.1. The summed E-state index contributed by atoms with van der Waals surface area (Å²) in [6.45, 7) is 1.05. The molecule has 0 saturated carbocycles. The Morgan fingerprint density at radius 2 is 1.65 bits per heavy atom. The van der Waals surface area contributed by atoms with Crippen molar-refractivity contribution < 1.29 is 22.8 Å². The zero-order chi connectivity index (χ0) is 18.8. The maximum absolute atomic E-state index is 13.8. The van der Waals surface area contributed by atoms with Crippen molar-refractivity contribution in [2.45, 2.75) is 26.1 Å². The summed E-state index contributed by atoms with van der Waals surface area (Å²) in [5.41, 5.74) is 0.311. The first-order valence-electron chi connectivity index (χ1n) is 8.12. The average Bonchev–Trinajstić information content (AvgIpc) is 2.58. The van der Waals surface area contributed by atoms with Gasteiger partial charge in [-0.3, -0.25) is 9.59 Å². The van der Waals surface area contributed by atoms with Gasteiger partial charge in [-0.15, -0.1) is 0 Å². The van der Waals surface area contributed by atoms with Gasteiger partial charge in [-0.25, -0.2) is 13.2 Å². The zero-order valence-electron chi connectivity index (χ0n) is 14.1. The monoisotopic (exact) mass is 362 g/mol. The van der Waals surface area contributed by atoms with Crippen molar-refractivity contribution in [3.8, 4) is 0 Å². The first-order chi connectivity index (χ1) is 12.4. The van der Waals surface area contributed by atoms with Crippen LogP contribution in [0, 0.1) is 17.5 Å². The molecule has 2 aromatic rings. The molecule has 0 aromatic heterocycles. The van der Waals surface area contributed by atoms with E-state index in [0.717, 1.165) is 17.0 Å². The Morgan fingerprint density at radius 1 is 1.00 bits per heavy atom. The number of amides is 2. The lowest BCUT2D eigenvalue weighted by atomic mass is 10.1. The molecule has 2 aromatic carbocycles. The van der Waals surface area contributed by atoms with Gasteiger partial charge in [-0.2, -0.15) is 0 Å². The lowest BCUT2D eigenvalue weighted by Crippen LogP contribution is -2.58. The number of hydrogen-bond acceptors (Lipinski definition) is 2. The van der Waals surface area contributed by atoms with Crippen LogP contribution >= 0.6 is 0 Å². The molecule has 7 heteroatoms. The van der Waals surface area contributed by atoms with Crippen LogP contribution in [0.2, 0.25) is 0 Å². The second-order valence-corrected chi connectivity index (χ2v) is 6.22. The summed E-state index contributed by atoms with van der Waals surface area (Å²) < 4.78 is 41.0. The van der Waals surface area contributed by atoms with Crippen LogP contribution in [0.25, 0.3) is 0 Å². The van der Waals surface area contributed by atoms with Crippen LogP contribution in [0.4, 0.5) is 13.2 Å². The van der Waals surface area contributed by atoms with Crippen molar-refractivity contribution in [1.29, 1.82) is 0 Å². The van der Waals surface area contributed by atoms with Crippen LogP contribution in [0.5, 0.6) is 0 Å². The van der Waals surface area contributed by atoms with Crippen molar-refractivity contribution >= 4 is 11.8 Å². The Balaban J connectivity index is 1.77. The van der Waals surface area contributed by atoms with E-state index in [1.54, 1.807) is 6.07 Å². The van der Waals surface area contributed by atoms with Crippen molar-refractivity contribution in [1.82, 2.24) is 9.80 Å². The van der Waals surface area contributed by atoms with E-state index >= 15 is 0 Å². The molecule has 0 unspecified atom stereocenters. The van der Waals surface area contributed by atoms with E-state index < -0.39 is 29.4 Å². The quantitative estimate of drug-likeness (QED) is 0.839. The van der Waals surface area contributed by atoms with Gasteiger partial charge in [-0.05, 0) is 36.8 Å². The van der Waals surface area contributed by atoms with E-state index in [1.807, 2.05) is 0 Å². The lowest BCUT2D eigenvalue weighted by Gasteiger charge is -2.39. The minimum atomic E-state index is -0.871. The van der Waals surface area contributed by atoms with Gasteiger partial charge in [-0.1, -0.05) is 18.2 Å². The van der Waals surface area contributed by atoms with Gasteiger partial charge in [0.15, 0.2) is 0 Å². The third kappa shape index (κ3) is 3.56. The molecule has 1 aliphatic heterocycles. The third-order valence-electron chi connectivity index (χ3n) is 4.44. The summed E-state index contributed by atoms with van der Waals surface area (Å²) >= 11 is 0. The molecule has 0 N–H and O–H groups in total. The van der Waals surface area contributed by atoms with Gasteiger partial charge >= 0.3 is 0 Å². The second kappa shape index (κ2) is 7.19. The van der Waals surface area contributed by atoms with E-state index in [9.17, 15) is 22.8 Å². The minimum absolute atomic E-state index is 0.0918. The molecule has 136 valence electrons. The maximum Gasteiger partial charge on any atom is 0.245 e. The highest BCUT2D eigenvalue weighted by Crippen LogP contribution is 2.21. The Bertz CT molecular complexity index is 836. The third-order valence-corrected chi connectivity index (χ3v) is 4.44. The number of rotatable bonds is 4. The molecule has 1 atom stereocenters. The Labute approximate surface area is 148 Å². The van der Waals surface area contributed by atoms with Crippen LogP contribution in [-0.2, 0) is 22.7 Å². The molecular formula is C19H17F3N2O2. The van der Waals surface area contributed by atoms with Crippen LogP contribution in [0.3, 0.4) is 0 Å². The molecule has 2 amide bonds. The number of benzene rings is 2. The number of piperazine rings is 1. The summed E-state index contributed by atoms with van der Waals surface area (Å²) in [6.07, 6.45) is 0. The van der Waals surface area contributed by atoms with E-state index in [-0.39, 0.29) is 31.1 Å². The molecule has 26 heavy (non-hydrogen) atoms. The minimum Gasteiger partial charge on any atom is -0.327 e. The first-order valence-corrected chi connectivity index (χ1v) is 8.12. The SMILES string of the molecule is C[C@H]1C(=O)N(Cc2cccc(F)c2)CC(=O)N1Cc1c(F)cccc1F. The van der Waals surface area contributed by atoms with Gasteiger partial charge in [0, 0.05) is 12.1 Å². The molecule has 0 radical (unpaired) electrons. The standard InChI is InChI=1S/C19H17F3N2O2/c1-12-19(26)23(9-13-4-2-5-14(20)8-13)11-18(25)24(12)10-15-16(21)6-3-7-17(15)22/h2-8,12H,9-11H2,1H3/t12-/m0/s1. The topological polar surface area (TPSA) is 40.6 Å². The lowest BCUT2D eigenvalue weighted by molar-refractivity contribution is -0.156. The van der Waals surface area contributed by atoms with Gasteiger partial charge in [0.05, 0.1) is 6.54 Å². The molecule has 0 spiro atoms. The number of nitrogens with zero attached hydrogens (tertiary/aromatic N) is 2. The summed E-state index contributed by atoms with van der Waals surface area (Å²) in [6, 6.07) is 8.35.